The van der Waals surface area contributed by atoms with Gasteiger partial charge in [-0.05, 0) is 43.3 Å². The molecule has 166 valence electrons. The lowest BCUT2D eigenvalue weighted by atomic mass is 10.1. The summed E-state index contributed by atoms with van der Waals surface area (Å²) < 4.78 is 5.19. The van der Waals surface area contributed by atoms with E-state index in [1.807, 2.05) is 4.90 Å². The number of carbonyl (C=O) groups is 2. The molecule has 1 saturated heterocycles. The predicted octanol–water partition coefficient (Wildman–Crippen LogP) is 4.73. The van der Waals surface area contributed by atoms with Gasteiger partial charge in [0.05, 0.1) is 27.7 Å². The quantitative estimate of drug-likeness (QED) is 0.489. The molecular formula is C22H19Cl3N4O3. The lowest BCUT2D eigenvalue weighted by molar-refractivity contribution is 0.0519. The highest BCUT2D eigenvalue weighted by atomic mass is 35.5. The van der Waals surface area contributed by atoms with Crippen molar-refractivity contribution in [2.45, 2.75) is 6.92 Å². The van der Waals surface area contributed by atoms with Crippen molar-refractivity contribution in [3.8, 4) is 0 Å². The van der Waals surface area contributed by atoms with Crippen LogP contribution in [-0.4, -0.2) is 59.5 Å². The van der Waals surface area contributed by atoms with Gasteiger partial charge in [-0.1, -0.05) is 34.8 Å². The Morgan fingerprint density at radius 3 is 2.12 bits per heavy atom. The topological polar surface area (TPSA) is 75.6 Å². The lowest BCUT2D eigenvalue weighted by Gasteiger charge is -2.36. The third-order valence-corrected chi connectivity index (χ3v) is 6.09. The number of amides is 1. The summed E-state index contributed by atoms with van der Waals surface area (Å²) in [6, 6.07) is 9.99. The molecule has 0 saturated carbocycles. The molecule has 2 aromatic carbocycles. The number of rotatable bonds is 4. The number of piperazine rings is 1. The number of anilines is 1. The molecule has 2 heterocycles. The Bertz CT molecular complexity index is 1180. The Morgan fingerprint density at radius 1 is 0.938 bits per heavy atom. The van der Waals surface area contributed by atoms with E-state index in [4.69, 9.17) is 39.5 Å². The summed E-state index contributed by atoms with van der Waals surface area (Å²) in [7, 11) is 0. The van der Waals surface area contributed by atoms with E-state index in [1.165, 1.54) is 0 Å². The van der Waals surface area contributed by atoms with Gasteiger partial charge in [0.15, 0.2) is 11.5 Å². The second-order valence-electron chi connectivity index (χ2n) is 7.16. The molecule has 0 atom stereocenters. The summed E-state index contributed by atoms with van der Waals surface area (Å²) in [6.45, 7) is 3.82. The van der Waals surface area contributed by atoms with Crippen molar-refractivity contribution in [3.05, 3.63) is 62.7 Å². The van der Waals surface area contributed by atoms with Crippen molar-refractivity contribution in [2.24, 2.45) is 0 Å². The van der Waals surface area contributed by atoms with Crippen LogP contribution >= 0.6 is 34.8 Å². The third-order valence-electron chi connectivity index (χ3n) is 5.11. The minimum absolute atomic E-state index is 0.0713. The summed E-state index contributed by atoms with van der Waals surface area (Å²) in [5.74, 6) is -0.242. The Hall–Kier alpha value is -2.61. The highest BCUT2D eigenvalue weighted by Crippen LogP contribution is 2.29. The van der Waals surface area contributed by atoms with Crippen LogP contribution in [-0.2, 0) is 4.74 Å². The molecular weight excluding hydrogens is 475 g/mol. The molecule has 1 aliphatic rings. The second-order valence-corrected chi connectivity index (χ2v) is 8.41. The molecule has 0 radical (unpaired) electrons. The first-order valence-corrected chi connectivity index (χ1v) is 11.1. The minimum Gasteiger partial charge on any atom is -0.461 e. The standard InChI is InChI=1S/C22H19Cl3N4O3/c1-2-32-22(31)19-20(27-18-12-16(25)15(24)11-17(18)26-19)28-7-9-29(10-8-28)21(30)13-3-5-14(23)6-4-13/h3-6,11-12H,2,7-10H2,1H3. The zero-order chi connectivity index (χ0) is 22.8. The van der Waals surface area contributed by atoms with Crippen LogP contribution in [0.15, 0.2) is 36.4 Å². The fraction of sp³-hybridized carbons (Fsp3) is 0.273. The van der Waals surface area contributed by atoms with E-state index in [0.717, 1.165) is 0 Å². The van der Waals surface area contributed by atoms with E-state index < -0.39 is 5.97 Å². The van der Waals surface area contributed by atoms with Crippen LogP contribution in [0.25, 0.3) is 11.0 Å². The highest BCUT2D eigenvalue weighted by molar-refractivity contribution is 6.42. The highest BCUT2D eigenvalue weighted by Gasteiger charge is 2.28. The van der Waals surface area contributed by atoms with Gasteiger partial charge in [-0.25, -0.2) is 14.8 Å². The monoisotopic (exact) mass is 492 g/mol. The predicted molar refractivity (Wildman–Crippen MR) is 125 cm³/mol. The van der Waals surface area contributed by atoms with E-state index in [0.29, 0.717) is 63.7 Å². The molecule has 0 spiro atoms. The number of benzene rings is 2. The first kappa shape index (κ1) is 22.6. The van der Waals surface area contributed by atoms with Gasteiger partial charge in [-0.2, -0.15) is 0 Å². The van der Waals surface area contributed by atoms with Crippen LogP contribution in [0.1, 0.15) is 27.8 Å². The van der Waals surface area contributed by atoms with E-state index in [-0.39, 0.29) is 18.2 Å². The van der Waals surface area contributed by atoms with Crippen molar-refractivity contribution in [3.63, 3.8) is 0 Å². The van der Waals surface area contributed by atoms with Gasteiger partial charge in [0.1, 0.15) is 0 Å². The van der Waals surface area contributed by atoms with Crippen molar-refractivity contribution in [2.75, 3.05) is 37.7 Å². The maximum Gasteiger partial charge on any atom is 0.360 e. The largest absolute Gasteiger partial charge is 0.461 e. The van der Waals surface area contributed by atoms with Crippen molar-refractivity contribution >= 4 is 63.5 Å². The van der Waals surface area contributed by atoms with E-state index in [1.54, 1.807) is 48.2 Å². The molecule has 1 aromatic heterocycles. The number of hydrogen-bond acceptors (Lipinski definition) is 6. The van der Waals surface area contributed by atoms with Crippen LogP contribution in [0, 0.1) is 0 Å². The maximum atomic E-state index is 12.8. The van der Waals surface area contributed by atoms with E-state index in [9.17, 15) is 9.59 Å². The number of halogens is 3. The molecule has 4 rings (SSSR count). The van der Waals surface area contributed by atoms with Crippen LogP contribution in [0.3, 0.4) is 0 Å². The second kappa shape index (κ2) is 9.48. The van der Waals surface area contributed by atoms with Gasteiger partial charge in [0.25, 0.3) is 5.91 Å². The molecule has 1 amide bonds. The molecule has 1 aliphatic heterocycles. The average molecular weight is 494 g/mol. The average Bonchev–Trinajstić information content (AvgIpc) is 2.79. The first-order chi connectivity index (χ1) is 15.4. The summed E-state index contributed by atoms with van der Waals surface area (Å²) in [5, 5.41) is 1.25. The molecule has 1 fully saturated rings. The minimum atomic E-state index is -0.567. The fourth-order valence-electron chi connectivity index (χ4n) is 3.50. The molecule has 7 nitrogen and oxygen atoms in total. The third kappa shape index (κ3) is 4.60. The van der Waals surface area contributed by atoms with Crippen LogP contribution in [0.5, 0.6) is 0 Å². The summed E-state index contributed by atoms with van der Waals surface area (Å²) in [4.78, 5) is 38.2. The number of esters is 1. The number of aromatic nitrogens is 2. The van der Waals surface area contributed by atoms with Crippen LogP contribution in [0.4, 0.5) is 5.82 Å². The number of nitrogens with zero attached hydrogens (tertiary/aromatic N) is 4. The number of hydrogen-bond donors (Lipinski definition) is 0. The van der Waals surface area contributed by atoms with Gasteiger partial charge in [-0.15, -0.1) is 0 Å². The summed E-state index contributed by atoms with van der Waals surface area (Å²) in [6.07, 6.45) is 0. The van der Waals surface area contributed by atoms with E-state index >= 15 is 0 Å². The SMILES string of the molecule is CCOC(=O)c1nc2cc(Cl)c(Cl)cc2nc1N1CCN(C(=O)c2ccc(Cl)cc2)CC1. The molecule has 0 unspecified atom stereocenters. The Kier molecular flexibility index (Phi) is 6.69. The van der Waals surface area contributed by atoms with Gasteiger partial charge in [0.2, 0.25) is 0 Å². The van der Waals surface area contributed by atoms with Gasteiger partial charge in [0, 0.05) is 36.8 Å². The zero-order valence-corrected chi connectivity index (χ0v) is 19.4. The normalized spacial score (nSPS) is 14.0. The molecule has 3 aromatic rings. The van der Waals surface area contributed by atoms with Gasteiger partial charge < -0.3 is 14.5 Å². The number of fused-ring (bicyclic) bond motifs is 1. The summed E-state index contributed by atoms with van der Waals surface area (Å²) in [5.41, 5.74) is 1.65. The first-order valence-electron chi connectivity index (χ1n) is 10.0. The zero-order valence-electron chi connectivity index (χ0n) is 17.1. The molecule has 32 heavy (non-hydrogen) atoms. The Labute approximate surface area is 199 Å². The Balaban J connectivity index is 1.60. The van der Waals surface area contributed by atoms with Crippen molar-refractivity contribution in [1.29, 1.82) is 0 Å². The van der Waals surface area contributed by atoms with Crippen molar-refractivity contribution in [1.82, 2.24) is 14.9 Å². The molecule has 0 bridgehead atoms. The van der Waals surface area contributed by atoms with Gasteiger partial charge in [-0.3, -0.25) is 4.79 Å². The van der Waals surface area contributed by atoms with Crippen molar-refractivity contribution < 1.29 is 14.3 Å². The number of carbonyl (C=O) groups excluding carboxylic acids is 2. The molecule has 0 aliphatic carbocycles. The van der Waals surface area contributed by atoms with Crippen LogP contribution in [0.2, 0.25) is 15.1 Å². The van der Waals surface area contributed by atoms with Crippen LogP contribution < -0.4 is 4.90 Å². The summed E-state index contributed by atoms with van der Waals surface area (Å²) >= 11 is 18.2. The molecule has 10 heteroatoms. The van der Waals surface area contributed by atoms with Gasteiger partial charge >= 0.3 is 5.97 Å². The fourth-order valence-corrected chi connectivity index (χ4v) is 3.94. The maximum absolute atomic E-state index is 12.8. The molecule has 0 N–H and O–H groups in total. The van der Waals surface area contributed by atoms with E-state index in [2.05, 4.69) is 9.97 Å². The lowest BCUT2D eigenvalue weighted by Crippen LogP contribution is -2.49. The Morgan fingerprint density at radius 2 is 1.53 bits per heavy atom. The number of ether oxygens (including phenoxy) is 1. The smallest absolute Gasteiger partial charge is 0.360 e.